The number of rotatable bonds is 10. The van der Waals surface area contributed by atoms with Crippen LogP contribution in [0.15, 0.2) is 60.7 Å². The fourth-order valence-corrected chi connectivity index (χ4v) is 3.95. The number of anilines is 1. The number of hydrogen-bond acceptors (Lipinski definition) is 2. The van der Waals surface area contributed by atoms with Gasteiger partial charge in [0.05, 0.1) is 19.6 Å². The summed E-state index contributed by atoms with van der Waals surface area (Å²) in [6.45, 7) is 10.7. The van der Waals surface area contributed by atoms with Crippen molar-refractivity contribution >= 4 is 5.69 Å². The third-order valence-electron chi connectivity index (χ3n) is 5.37. The van der Waals surface area contributed by atoms with Gasteiger partial charge in [-0.05, 0) is 23.6 Å². The van der Waals surface area contributed by atoms with Crippen molar-refractivity contribution in [3.63, 3.8) is 0 Å². The second-order valence-electron chi connectivity index (χ2n) is 8.20. The number of hydrogen-bond donors (Lipinski definition) is 1. The van der Waals surface area contributed by atoms with Crippen LogP contribution in [0, 0.1) is 5.92 Å². The summed E-state index contributed by atoms with van der Waals surface area (Å²) in [6.07, 6.45) is 2.69. The van der Waals surface area contributed by atoms with Crippen LogP contribution < -0.4 is 22.2 Å². The van der Waals surface area contributed by atoms with E-state index in [2.05, 4.69) is 79.4 Å². The van der Waals surface area contributed by atoms with Crippen molar-refractivity contribution in [2.24, 2.45) is 5.92 Å². The molecule has 5 nitrogen and oxygen atoms in total. The van der Waals surface area contributed by atoms with E-state index in [1.807, 2.05) is 0 Å². The Kier molecular flexibility index (Phi) is 14.4. The number of benzene rings is 2. The molecule has 1 heterocycles. The van der Waals surface area contributed by atoms with Crippen molar-refractivity contribution in [1.29, 1.82) is 0 Å². The molecule has 1 aliphatic rings. The molecule has 2 aromatic rings. The Morgan fingerprint density at radius 2 is 1.43 bits per heavy atom. The molecule has 0 radical (unpaired) electrons. The molecule has 30 heavy (non-hydrogen) atoms. The molecule has 0 aromatic heterocycles. The van der Waals surface area contributed by atoms with Gasteiger partial charge in [-0.1, -0.05) is 62.4 Å². The molecule has 2 aromatic carbocycles. The van der Waals surface area contributed by atoms with Gasteiger partial charge in [0, 0.05) is 31.7 Å². The van der Waals surface area contributed by atoms with E-state index >= 15 is 0 Å². The van der Waals surface area contributed by atoms with E-state index in [4.69, 9.17) is 4.74 Å². The maximum atomic E-state index is 6.11. The predicted molar refractivity (Wildman–Crippen MR) is 121 cm³/mol. The number of likely N-dealkylation sites (tertiary alicyclic amines) is 1. The highest BCUT2D eigenvalue weighted by atomic mass is 35.5. The monoisotopic (exact) mass is 438 g/mol. The summed E-state index contributed by atoms with van der Waals surface area (Å²) in [4.78, 5) is 4.25. The van der Waals surface area contributed by atoms with E-state index in [9.17, 15) is 0 Å². The Bertz CT molecular complexity index is 652. The van der Waals surface area contributed by atoms with Crippen LogP contribution in [-0.2, 0) is 11.3 Å². The lowest BCUT2D eigenvalue weighted by molar-refractivity contribution is -0.912. The molecule has 0 saturated carbocycles. The maximum Gasteiger partial charge on any atom is 0.129 e. The van der Waals surface area contributed by atoms with Gasteiger partial charge in [-0.3, -0.25) is 0 Å². The number of nitrogens with zero attached hydrogens (tertiary/aromatic N) is 1. The molecular weight excluding hydrogens is 400 g/mol. The van der Waals surface area contributed by atoms with Gasteiger partial charge in [-0.25, -0.2) is 0 Å². The van der Waals surface area contributed by atoms with Gasteiger partial charge in [0.25, 0.3) is 0 Å². The number of halogens is 1. The zero-order valence-electron chi connectivity index (χ0n) is 18.3. The minimum absolute atomic E-state index is 0. The molecule has 0 aliphatic carbocycles. The van der Waals surface area contributed by atoms with Crippen molar-refractivity contribution in [3.8, 4) is 0 Å². The van der Waals surface area contributed by atoms with Gasteiger partial charge >= 0.3 is 0 Å². The van der Waals surface area contributed by atoms with Crippen LogP contribution >= 0.6 is 0 Å². The fraction of sp³-hybridized carbons (Fsp3) is 0.500. The van der Waals surface area contributed by atoms with E-state index in [-0.39, 0.29) is 23.4 Å². The molecule has 6 heteroatoms. The molecule has 0 bridgehead atoms. The summed E-state index contributed by atoms with van der Waals surface area (Å²) in [7, 11) is 0. The zero-order valence-corrected chi connectivity index (χ0v) is 19.1. The number of para-hydroxylation sites is 1. The van der Waals surface area contributed by atoms with Crippen LogP contribution in [0.25, 0.3) is 0 Å². The van der Waals surface area contributed by atoms with E-state index in [0.717, 1.165) is 26.3 Å². The summed E-state index contributed by atoms with van der Waals surface area (Å²) < 4.78 is 6.11. The average Bonchev–Trinajstić information content (AvgIpc) is 3.22. The fourth-order valence-electron chi connectivity index (χ4n) is 3.95. The minimum atomic E-state index is 0. The topological polar surface area (TPSA) is 79.9 Å². The summed E-state index contributed by atoms with van der Waals surface area (Å²) in [5.74, 6) is 0.591. The molecule has 1 aliphatic heterocycles. The van der Waals surface area contributed by atoms with Crippen LogP contribution in [0.2, 0.25) is 0 Å². The van der Waals surface area contributed by atoms with Crippen molar-refractivity contribution in [2.45, 2.75) is 39.3 Å². The van der Waals surface area contributed by atoms with Crippen LogP contribution in [0.4, 0.5) is 5.69 Å². The highest BCUT2D eigenvalue weighted by Crippen LogP contribution is 2.17. The molecule has 1 unspecified atom stereocenters. The predicted octanol–water partition coefficient (Wildman–Crippen LogP) is -1.23. The zero-order chi connectivity index (χ0) is 18.9. The lowest BCUT2D eigenvalue weighted by atomic mass is 10.1. The quantitative estimate of drug-likeness (QED) is 0.504. The van der Waals surface area contributed by atoms with Crippen molar-refractivity contribution in [1.82, 2.24) is 0 Å². The van der Waals surface area contributed by atoms with E-state index < -0.39 is 0 Å². The normalized spacial score (nSPS) is 14.4. The first-order chi connectivity index (χ1) is 13.2. The number of quaternary nitrogens is 1. The Morgan fingerprint density at radius 1 is 0.867 bits per heavy atom. The summed E-state index contributed by atoms with van der Waals surface area (Å²) in [5, 5.41) is 0. The Morgan fingerprint density at radius 3 is 2.00 bits per heavy atom. The smallest absolute Gasteiger partial charge is 0.129 e. The van der Waals surface area contributed by atoms with E-state index in [0.29, 0.717) is 12.0 Å². The van der Waals surface area contributed by atoms with E-state index in [1.165, 1.54) is 37.2 Å². The highest BCUT2D eigenvalue weighted by molar-refractivity contribution is 5.46. The van der Waals surface area contributed by atoms with Gasteiger partial charge < -0.3 is 37.9 Å². The first-order valence-corrected chi connectivity index (χ1v) is 10.5. The van der Waals surface area contributed by atoms with Crippen LogP contribution in [0.1, 0.15) is 32.3 Å². The average molecular weight is 439 g/mol. The standard InChI is InChI=1S/C24H34N2O.ClH.2H2O/c1-21(2)19-27-20-24(25-15-9-10-16-25)18-26(23-13-7-4-8-14-23)17-22-11-5-3-6-12-22;;;/h3-8,11-14,21,24H,9-10,15-20H2,1-2H3;1H;2*1H2. The summed E-state index contributed by atoms with van der Waals surface area (Å²) >= 11 is 0. The van der Waals surface area contributed by atoms with Crippen molar-refractivity contribution in [3.05, 3.63) is 66.2 Å². The van der Waals surface area contributed by atoms with Gasteiger partial charge in [-0.2, -0.15) is 0 Å². The Balaban J connectivity index is 0.00000280. The largest absolute Gasteiger partial charge is 1.00 e. The summed E-state index contributed by atoms with van der Waals surface area (Å²) in [6, 6.07) is 22.2. The molecule has 0 amide bonds. The lowest BCUT2D eigenvalue weighted by Crippen LogP contribution is -3.15. The highest BCUT2D eigenvalue weighted by Gasteiger charge is 2.28. The van der Waals surface area contributed by atoms with Crippen molar-refractivity contribution in [2.75, 3.05) is 37.7 Å². The van der Waals surface area contributed by atoms with Crippen molar-refractivity contribution < 1.29 is 33.0 Å². The second-order valence-corrected chi connectivity index (χ2v) is 8.20. The lowest BCUT2D eigenvalue weighted by Gasteiger charge is -2.32. The Labute approximate surface area is 188 Å². The van der Waals surface area contributed by atoms with Gasteiger partial charge in [0.1, 0.15) is 12.6 Å². The summed E-state index contributed by atoms with van der Waals surface area (Å²) in [5.41, 5.74) is 2.66. The maximum absolute atomic E-state index is 6.11. The third-order valence-corrected chi connectivity index (χ3v) is 5.37. The SMILES string of the molecule is CC(C)COCC(CN(Cc1ccccc1)c1ccccc1)[NH+]1CCCC1.O.O.[Cl-]. The third kappa shape index (κ3) is 9.02. The molecule has 170 valence electrons. The number of nitrogens with one attached hydrogen (secondary N) is 1. The molecular formula is C24H39ClN2O3. The van der Waals surface area contributed by atoms with Crippen LogP contribution in [0.3, 0.4) is 0 Å². The van der Waals surface area contributed by atoms with Gasteiger partial charge in [0.2, 0.25) is 0 Å². The van der Waals surface area contributed by atoms with E-state index in [1.54, 1.807) is 4.90 Å². The molecule has 5 N–H and O–H groups in total. The Hall–Kier alpha value is -1.63. The molecule has 0 spiro atoms. The second kappa shape index (κ2) is 15.2. The van der Waals surface area contributed by atoms with Gasteiger partial charge in [-0.15, -0.1) is 0 Å². The molecule has 1 saturated heterocycles. The molecule has 3 rings (SSSR count). The minimum Gasteiger partial charge on any atom is -1.00 e. The first-order valence-electron chi connectivity index (χ1n) is 10.5. The molecule has 1 atom stereocenters. The molecule has 1 fully saturated rings. The first kappa shape index (κ1) is 28.4. The van der Waals surface area contributed by atoms with Crippen LogP contribution in [0.5, 0.6) is 0 Å². The number of ether oxygens (including phenoxy) is 1. The van der Waals surface area contributed by atoms with Crippen LogP contribution in [-0.4, -0.2) is 49.8 Å². The van der Waals surface area contributed by atoms with Gasteiger partial charge in [0.15, 0.2) is 0 Å².